The van der Waals surface area contributed by atoms with E-state index in [-0.39, 0.29) is 23.2 Å². The van der Waals surface area contributed by atoms with Crippen LogP contribution in [0, 0.1) is 0 Å². The van der Waals surface area contributed by atoms with Gasteiger partial charge in [-0.15, -0.1) is 6.58 Å². The van der Waals surface area contributed by atoms with Crippen LogP contribution in [0.25, 0.3) is 0 Å². The van der Waals surface area contributed by atoms with Crippen molar-refractivity contribution in [3.63, 3.8) is 0 Å². The van der Waals surface area contributed by atoms with Crippen molar-refractivity contribution >= 4 is 17.8 Å². The van der Waals surface area contributed by atoms with E-state index in [0.29, 0.717) is 0 Å². The Morgan fingerprint density at radius 3 is 1.89 bits per heavy atom. The van der Waals surface area contributed by atoms with Crippen molar-refractivity contribution in [2.24, 2.45) is 0 Å². The number of rotatable bonds is 5. The Bertz CT molecular complexity index is 489. The van der Waals surface area contributed by atoms with Crippen LogP contribution in [0.15, 0.2) is 30.9 Å². The summed E-state index contributed by atoms with van der Waals surface area (Å²) in [6, 6.07) is 3.23. The van der Waals surface area contributed by atoms with Gasteiger partial charge in [-0.2, -0.15) is 0 Å². The predicted octanol–water partition coefficient (Wildman–Crippen LogP) is 0.999. The third kappa shape index (κ3) is 3.18. The molecule has 0 aliphatic carbocycles. The van der Waals surface area contributed by atoms with E-state index in [4.69, 9.17) is 10.2 Å². The number of amides is 1. The highest BCUT2D eigenvalue weighted by Gasteiger charge is 2.14. The maximum atomic E-state index is 11.6. The number of hydrogen-bond donors (Lipinski definition) is 3. The van der Waals surface area contributed by atoms with E-state index < -0.39 is 17.8 Å². The van der Waals surface area contributed by atoms with E-state index in [9.17, 15) is 14.4 Å². The second-order valence-corrected chi connectivity index (χ2v) is 3.41. The molecule has 94 valence electrons. The number of carboxylic acids is 2. The molecule has 0 bridgehead atoms. The van der Waals surface area contributed by atoms with Gasteiger partial charge in [-0.25, -0.2) is 9.59 Å². The van der Waals surface area contributed by atoms with Crippen LogP contribution in [0.5, 0.6) is 0 Å². The van der Waals surface area contributed by atoms with Gasteiger partial charge in [-0.3, -0.25) is 4.79 Å². The monoisotopic (exact) mass is 249 g/mol. The van der Waals surface area contributed by atoms with Gasteiger partial charge in [0.1, 0.15) is 0 Å². The van der Waals surface area contributed by atoms with E-state index in [1.807, 2.05) is 0 Å². The molecule has 6 heteroatoms. The number of nitrogens with one attached hydrogen (secondary N) is 1. The molecule has 0 spiro atoms. The first-order chi connectivity index (χ1) is 8.45. The van der Waals surface area contributed by atoms with Gasteiger partial charge in [-0.1, -0.05) is 6.08 Å². The normalized spacial score (nSPS) is 9.56. The van der Waals surface area contributed by atoms with Crippen molar-refractivity contribution < 1.29 is 24.6 Å². The minimum atomic E-state index is -1.30. The first-order valence-corrected chi connectivity index (χ1v) is 4.96. The zero-order valence-electron chi connectivity index (χ0n) is 9.34. The fraction of sp³-hybridized carbons (Fsp3) is 0.0833. The molecule has 3 N–H and O–H groups in total. The number of benzene rings is 1. The Kier molecular flexibility index (Phi) is 4.20. The standard InChI is InChI=1S/C12H11NO5/c1-2-3-13-10(14)7-4-8(11(15)16)6-9(5-7)12(17)18/h2,4-6H,1,3H2,(H,13,14)(H,15,16)(H,17,18). The second kappa shape index (κ2) is 5.62. The van der Waals surface area contributed by atoms with E-state index in [0.717, 1.165) is 18.2 Å². The van der Waals surface area contributed by atoms with Crippen molar-refractivity contribution in [1.82, 2.24) is 5.32 Å². The van der Waals surface area contributed by atoms with Crippen molar-refractivity contribution in [2.45, 2.75) is 0 Å². The van der Waals surface area contributed by atoms with Crippen LogP contribution in [0.1, 0.15) is 31.1 Å². The molecule has 0 radical (unpaired) electrons. The van der Waals surface area contributed by atoms with Crippen LogP contribution in [0.2, 0.25) is 0 Å². The Hall–Kier alpha value is -2.63. The highest BCUT2D eigenvalue weighted by Crippen LogP contribution is 2.11. The molecule has 0 aromatic heterocycles. The maximum Gasteiger partial charge on any atom is 0.335 e. The average molecular weight is 249 g/mol. The molecule has 1 aromatic rings. The van der Waals surface area contributed by atoms with Crippen LogP contribution < -0.4 is 5.32 Å². The number of aromatic carboxylic acids is 2. The van der Waals surface area contributed by atoms with Gasteiger partial charge < -0.3 is 15.5 Å². The number of carbonyl (C=O) groups excluding carboxylic acids is 1. The SMILES string of the molecule is C=CCNC(=O)c1cc(C(=O)O)cc(C(=O)O)c1. The lowest BCUT2D eigenvalue weighted by Gasteiger charge is -2.05. The predicted molar refractivity (Wildman–Crippen MR) is 62.9 cm³/mol. The molecule has 18 heavy (non-hydrogen) atoms. The minimum Gasteiger partial charge on any atom is -0.478 e. The van der Waals surface area contributed by atoms with Gasteiger partial charge in [-0.05, 0) is 18.2 Å². The number of carbonyl (C=O) groups is 3. The molecule has 1 aromatic carbocycles. The quantitative estimate of drug-likeness (QED) is 0.675. The molecular weight excluding hydrogens is 238 g/mol. The molecule has 1 amide bonds. The summed E-state index contributed by atoms with van der Waals surface area (Å²) in [6.45, 7) is 3.62. The summed E-state index contributed by atoms with van der Waals surface area (Å²) in [5.74, 6) is -3.15. The van der Waals surface area contributed by atoms with E-state index in [1.54, 1.807) is 0 Å². The molecule has 0 heterocycles. The van der Waals surface area contributed by atoms with Gasteiger partial charge >= 0.3 is 11.9 Å². The largest absolute Gasteiger partial charge is 0.478 e. The molecule has 6 nitrogen and oxygen atoms in total. The topological polar surface area (TPSA) is 104 Å². The van der Waals surface area contributed by atoms with Crippen molar-refractivity contribution in [3.8, 4) is 0 Å². The third-order valence-corrected chi connectivity index (χ3v) is 2.10. The summed E-state index contributed by atoms with van der Waals surface area (Å²) in [4.78, 5) is 33.3. The fourth-order valence-electron chi connectivity index (χ4n) is 1.27. The van der Waals surface area contributed by atoms with E-state index >= 15 is 0 Å². The molecular formula is C12H11NO5. The second-order valence-electron chi connectivity index (χ2n) is 3.41. The Balaban J connectivity index is 3.18. The summed E-state index contributed by atoms with van der Waals surface area (Å²) in [6.07, 6.45) is 1.46. The maximum absolute atomic E-state index is 11.6. The Morgan fingerprint density at radius 2 is 1.50 bits per heavy atom. The lowest BCUT2D eigenvalue weighted by atomic mass is 10.1. The van der Waals surface area contributed by atoms with E-state index in [1.165, 1.54) is 6.08 Å². The van der Waals surface area contributed by atoms with Gasteiger partial charge in [0.15, 0.2) is 0 Å². The lowest BCUT2D eigenvalue weighted by Crippen LogP contribution is -2.24. The minimum absolute atomic E-state index is 0.0193. The summed E-state index contributed by atoms with van der Waals surface area (Å²) >= 11 is 0. The Morgan fingerprint density at radius 1 is 1.06 bits per heavy atom. The molecule has 0 fully saturated rings. The molecule has 0 aliphatic heterocycles. The van der Waals surface area contributed by atoms with Gasteiger partial charge in [0, 0.05) is 12.1 Å². The molecule has 0 saturated carbocycles. The average Bonchev–Trinajstić information content (AvgIpc) is 2.35. The molecule has 0 atom stereocenters. The van der Waals surface area contributed by atoms with Crippen LogP contribution in [0.3, 0.4) is 0 Å². The zero-order chi connectivity index (χ0) is 13.7. The molecule has 0 aliphatic rings. The fourth-order valence-corrected chi connectivity index (χ4v) is 1.27. The van der Waals surface area contributed by atoms with Crippen LogP contribution in [-0.4, -0.2) is 34.6 Å². The van der Waals surface area contributed by atoms with Gasteiger partial charge in [0.25, 0.3) is 5.91 Å². The van der Waals surface area contributed by atoms with Crippen LogP contribution >= 0.6 is 0 Å². The van der Waals surface area contributed by atoms with Crippen LogP contribution in [-0.2, 0) is 0 Å². The first-order valence-electron chi connectivity index (χ1n) is 4.96. The zero-order valence-corrected chi connectivity index (χ0v) is 9.34. The van der Waals surface area contributed by atoms with E-state index in [2.05, 4.69) is 11.9 Å². The molecule has 1 rings (SSSR count). The molecule has 0 unspecified atom stereocenters. The summed E-state index contributed by atoms with van der Waals surface area (Å²) in [7, 11) is 0. The van der Waals surface area contributed by atoms with Gasteiger partial charge in [0.2, 0.25) is 0 Å². The third-order valence-electron chi connectivity index (χ3n) is 2.10. The number of carboxylic acid groups (broad SMARTS) is 2. The smallest absolute Gasteiger partial charge is 0.335 e. The Labute approximate surface area is 103 Å². The molecule has 0 saturated heterocycles. The van der Waals surface area contributed by atoms with Gasteiger partial charge in [0.05, 0.1) is 11.1 Å². The van der Waals surface area contributed by atoms with Crippen molar-refractivity contribution in [1.29, 1.82) is 0 Å². The summed E-state index contributed by atoms with van der Waals surface area (Å²) in [5.41, 5.74) is -0.522. The summed E-state index contributed by atoms with van der Waals surface area (Å²) < 4.78 is 0. The van der Waals surface area contributed by atoms with Crippen molar-refractivity contribution in [2.75, 3.05) is 6.54 Å². The first kappa shape index (κ1) is 13.4. The van der Waals surface area contributed by atoms with Crippen LogP contribution in [0.4, 0.5) is 0 Å². The highest BCUT2D eigenvalue weighted by molar-refractivity contribution is 6.01. The summed E-state index contributed by atoms with van der Waals surface area (Å²) in [5, 5.41) is 20.1. The van der Waals surface area contributed by atoms with Crippen molar-refractivity contribution in [3.05, 3.63) is 47.5 Å². The lowest BCUT2D eigenvalue weighted by molar-refractivity contribution is 0.0696. The highest BCUT2D eigenvalue weighted by atomic mass is 16.4. The number of hydrogen-bond acceptors (Lipinski definition) is 3.